The van der Waals surface area contributed by atoms with E-state index >= 15 is 0 Å². The van der Waals surface area contributed by atoms with Crippen molar-refractivity contribution in [2.75, 3.05) is 37.6 Å². The second-order valence-corrected chi connectivity index (χ2v) is 12.5. The molecule has 1 saturated heterocycles. The van der Waals surface area contributed by atoms with Gasteiger partial charge in [0.2, 0.25) is 0 Å². The maximum atomic E-state index is 13.2. The first-order chi connectivity index (χ1) is 16.5. The van der Waals surface area contributed by atoms with Crippen molar-refractivity contribution in [1.82, 2.24) is 34.2 Å². The normalized spacial score (nSPS) is 18.8. The smallest absolute Gasteiger partial charge is 0.291 e. The molecule has 190 valence electrons. The fourth-order valence-electron chi connectivity index (χ4n) is 4.22. The van der Waals surface area contributed by atoms with E-state index in [0.29, 0.717) is 30.3 Å². The number of halogens is 2. The van der Waals surface area contributed by atoms with E-state index in [1.165, 1.54) is 6.20 Å². The molecule has 0 aromatic carbocycles. The van der Waals surface area contributed by atoms with Crippen LogP contribution in [0.3, 0.4) is 0 Å². The average Bonchev–Trinajstić information content (AvgIpc) is 3.17. The molecular weight excluding hydrogens is 498 g/mol. The van der Waals surface area contributed by atoms with E-state index in [9.17, 15) is 17.2 Å². The van der Waals surface area contributed by atoms with Crippen LogP contribution in [0.4, 0.5) is 14.6 Å². The van der Waals surface area contributed by atoms with E-state index in [1.54, 1.807) is 10.6 Å². The molecule has 2 fully saturated rings. The Hall–Kier alpha value is -2.29. The first-order valence-electron chi connectivity index (χ1n) is 11.6. The number of piperazine rings is 1. The number of nitrogens with zero attached hydrogens (tertiary/aromatic N) is 7. The molecule has 1 saturated carbocycles. The number of imidazole rings is 1. The van der Waals surface area contributed by atoms with Crippen LogP contribution in [-0.2, 0) is 10.0 Å². The summed E-state index contributed by atoms with van der Waals surface area (Å²) in [6.07, 6.45) is 1.74. The van der Waals surface area contributed by atoms with Gasteiger partial charge in [0.15, 0.2) is 26.7 Å². The van der Waals surface area contributed by atoms with Gasteiger partial charge in [-0.3, -0.25) is 9.30 Å². The van der Waals surface area contributed by atoms with Gasteiger partial charge in [0.1, 0.15) is 5.52 Å². The number of alkyl halides is 2. The summed E-state index contributed by atoms with van der Waals surface area (Å²) in [5.41, 5.74) is 0.115. The first kappa shape index (κ1) is 24.4. The zero-order chi connectivity index (χ0) is 25.0. The molecule has 35 heavy (non-hydrogen) atoms. The van der Waals surface area contributed by atoms with Crippen LogP contribution in [0.15, 0.2) is 17.4 Å². The third kappa shape index (κ3) is 5.01. The molecule has 3 aromatic heterocycles. The van der Waals surface area contributed by atoms with Crippen molar-refractivity contribution in [3.05, 3.63) is 17.4 Å². The van der Waals surface area contributed by atoms with E-state index in [4.69, 9.17) is 0 Å². The Kier molecular flexibility index (Phi) is 6.26. The van der Waals surface area contributed by atoms with E-state index in [1.807, 2.05) is 6.92 Å². The minimum absolute atomic E-state index is 0.143. The Bertz CT molecular complexity index is 1330. The maximum absolute atomic E-state index is 13.2. The van der Waals surface area contributed by atoms with Crippen molar-refractivity contribution >= 4 is 32.7 Å². The maximum Gasteiger partial charge on any atom is 0.291 e. The fourth-order valence-corrected chi connectivity index (χ4v) is 6.32. The number of fused-ring (bicyclic) bond motifs is 1. The standard InChI is InChI=1S/C21H28F2N8O2S2/c1-13(2)11-29-6-8-30(9-7-29)17-14-10-24-18(20-27-26-19(34-20)16(22)23)31(14)12-15(25-17)35(32,33)28-21(3)4-5-21/h10,12-13,16,28H,4-9,11H2,1-3H3. The largest absolute Gasteiger partial charge is 0.352 e. The zero-order valence-electron chi connectivity index (χ0n) is 19.8. The van der Waals surface area contributed by atoms with E-state index in [0.717, 1.165) is 43.8 Å². The van der Waals surface area contributed by atoms with Crippen LogP contribution in [-0.4, -0.2) is 76.1 Å². The zero-order valence-corrected chi connectivity index (χ0v) is 21.4. The van der Waals surface area contributed by atoms with Crippen molar-refractivity contribution in [3.8, 4) is 10.8 Å². The van der Waals surface area contributed by atoms with Gasteiger partial charge in [-0.25, -0.2) is 31.9 Å². The van der Waals surface area contributed by atoms with Crippen molar-refractivity contribution in [2.45, 2.75) is 50.6 Å². The summed E-state index contributed by atoms with van der Waals surface area (Å²) < 4.78 is 57.0. The molecule has 1 aliphatic carbocycles. The number of sulfonamides is 1. The molecule has 0 radical (unpaired) electrons. The number of aromatic nitrogens is 5. The monoisotopic (exact) mass is 526 g/mol. The van der Waals surface area contributed by atoms with Gasteiger partial charge in [0.05, 0.1) is 12.4 Å². The highest BCUT2D eigenvalue weighted by molar-refractivity contribution is 7.89. The van der Waals surface area contributed by atoms with Gasteiger partial charge in [0, 0.05) is 38.3 Å². The van der Waals surface area contributed by atoms with Crippen LogP contribution in [0.25, 0.3) is 16.3 Å². The van der Waals surface area contributed by atoms with Crippen molar-refractivity contribution in [3.63, 3.8) is 0 Å². The summed E-state index contributed by atoms with van der Waals surface area (Å²) in [4.78, 5) is 13.4. The number of hydrogen-bond acceptors (Lipinski definition) is 9. The first-order valence-corrected chi connectivity index (χ1v) is 13.9. The summed E-state index contributed by atoms with van der Waals surface area (Å²) in [6.45, 7) is 10.2. The molecule has 10 nitrogen and oxygen atoms in total. The number of rotatable bonds is 8. The van der Waals surface area contributed by atoms with E-state index in [2.05, 4.69) is 48.5 Å². The molecule has 0 unspecified atom stereocenters. The Morgan fingerprint density at radius 2 is 1.89 bits per heavy atom. The summed E-state index contributed by atoms with van der Waals surface area (Å²) in [7, 11) is -3.92. The minimum atomic E-state index is -3.92. The third-order valence-corrected chi connectivity index (χ3v) is 8.69. The predicted octanol–water partition coefficient (Wildman–Crippen LogP) is 2.79. The predicted molar refractivity (Wildman–Crippen MR) is 128 cm³/mol. The Labute approximate surface area is 206 Å². The van der Waals surface area contributed by atoms with Gasteiger partial charge in [0.25, 0.3) is 16.4 Å². The minimum Gasteiger partial charge on any atom is -0.352 e. The SMILES string of the molecule is CC(C)CN1CCN(c2nc(S(=O)(=O)NC3(C)CC3)cn3c(-c4nnc(C(F)F)s4)ncc23)CC1. The lowest BCUT2D eigenvalue weighted by Crippen LogP contribution is -2.48. The lowest BCUT2D eigenvalue weighted by molar-refractivity contribution is 0.150. The lowest BCUT2D eigenvalue weighted by Gasteiger charge is -2.36. The van der Waals surface area contributed by atoms with Crippen LogP contribution in [0.1, 0.15) is 45.0 Å². The van der Waals surface area contributed by atoms with Crippen molar-refractivity contribution in [2.24, 2.45) is 5.92 Å². The molecule has 0 bridgehead atoms. The number of nitrogens with one attached hydrogen (secondary N) is 1. The highest BCUT2D eigenvalue weighted by Gasteiger charge is 2.42. The molecule has 0 spiro atoms. The average molecular weight is 527 g/mol. The number of anilines is 1. The second-order valence-electron chi connectivity index (χ2n) is 9.83. The fraction of sp³-hybridized carbons (Fsp3) is 0.619. The summed E-state index contributed by atoms with van der Waals surface area (Å²) in [5.74, 6) is 1.30. The molecule has 4 heterocycles. The van der Waals surface area contributed by atoms with Gasteiger partial charge in [-0.1, -0.05) is 25.2 Å². The van der Waals surface area contributed by atoms with Crippen LogP contribution in [0, 0.1) is 5.92 Å². The molecule has 14 heteroatoms. The van der Waals surface area contributed by atoms with E-state index < -0.39 is 27.0 Å². The molecule has 3 aromatic rings. The highest BCUT2D eigenvalue weighted by atomic mass is 32.2. The highest BCUT2D eigenvalue weighted by Crippen LogP contribution is 2.37. The van der Waals surface area contributed by atoms with Crippen LogP contribution < -0.4 is 9.62 Å². The van der Waals surface area contributed by atoms with Crippen molar-refractivity contribution in [1.29, 1.82) is 0 Å². The van der Waals surface area contributed by atoms with Crippen molar-refractivity contribution < 1.29 is 17.2 Å². The van der Waals surface area contributed by atoms with Gasteiger partial charge in [-0.2, -0.15) is 0 Å². The Morgan fingerprint density at radius 1 is 1.17 bits per heavy atom. The molecule has 0 atom stereocenters. The summed E-state index contributed by atoms with van der Waals surface area (Å²) >= 11 is 0.733. The third-order valence-electron chi connectivity index (χ3n) is 6.25. The quantitative estimate of drug-likeness (QED) is 0.477. The molecule has 1 N–H and O–H groups in total. The molecule has 0 amide bonds. The van der Waals surface area contributed by atoms with E-state index in [-0.39, 0.29) is 15.9 Å². The topological polar surface area (TPSA) is 109 Å². The molecule has 2 aliphatic rings. The van der Waals surface area contributed by atoms with Crippen LogP contribution in [0.5, 0.6) is 0 Å². The lowest BCUT2D eigenvalue weighted by atomic mass is 10.2. The van der Waals surface area contributed by atoms with Gasteiger partial charge < -0.3 is 4.90 Å². The van der Waals surface area contributed by atoms with Gasteiger partial charge in [-0.05, 0) is 25.7 Å². The van der Waals surface area contributed by atoms with Crippen LogP contribution >= 0.6 is 11.3 Å². The van der Waals surface area contributed by atoms with Gasteiger partial charge >= 0.3 is 0 Å². The van der Waals surface area contributed by atoms with Gasteiger partial charge in [-0.15, -0.1) is 10.2 Å². The second kappa shape index (κ2) is 8.98. The molecular formula is C21H28F2N8O2S2. The Balaban J connectivity index is 1.57. The van der Waals surface area contributed by atoms with Crippen LogP contribution in [0.2, 0.25) is 0 Å². The molecule has 5 rings (SSSR count). The Morgan fingerprint density at radius 3 is 2.49 bits per heavy atom. The summed E-state index contributed by atoms with van der Waals surface area (Å²) in [6, 6.07) is 0. The number of hydrogen-bond donors (Lipinski definition) is 1. The summed E-state index contributed by atoms with van der Waals surface area (Å²) in [5, 5.41) is 7.05. The molecule has 1 aliphatic heterocycles.